The van der Waals surface area contributed by atoms with E-state index in [0.717, 1.165) is 12.1 Å². The average Bonchev–Trinajstić information content (AvgIpc) is 2.97. The minimum absolute atomic E-state index is 0.0633. The number of hydrogen-bond acceptors (Lipinski definition) is 5. The van der Waals surface area contributed by atoms with Gasteiger partial charge >= 0.3 is 6.18 Å². The van der Waals surface area contributed by atoms with Crippen molar-refractivity contribution in [2.45, 2.75) is 45.1 Å². The normalized spacial score (nSPS) is 19.9. The second-order valence-corrected chi connectivity index (χ2v) is 7.16. The molecule has 1 aliphatic rings. The Bertz CT molecular complexity index is 832. The fraction of sp³-hybridized carbons (Fsp3) is 0.500. The molecule has 1 amide bonds. The number of carbonyl (C=O) groups is 1. The molecule has 0 N–H and O–H groups in total. The molecule has 1 aromatic heterocycles. The smallest absolute Gasteiger partial charge is 0.416 e. The predicted molar refractivity (Wildman–Crippen MR) is 88.7 cm³/mol. The number of carbonyl (C=O) groups excluding carboxylic acids is 1. The summed E-state index contributed by atoms with van der Waals surface area (Å²) in [6.45, 7) is 5.68. The van der Waals surface area contributed by atoms with E-state index >= 15 is 0 Å². The second-order valence-electron chi connectivity index (χ2n) is 7.16. The van der Waals surface area contributed by atoms with Gasteiger partial charge in [0, 0.05) is 13.5 Å². The zero-order valence-corrected chi connectivity index (χ0v) is 15.2. The Labute approximate surface area is 154 Å². The molecule has 1 aliphatic heterocycles. The van der Waals surface area contributed by atoms with Crippen molar-refractivity contribution >= 4 is 5.91 Å². The van der Waals surface area contributed by atoms with Crippen molar-refractivity contribution in [2.75, 3.05) is 13.1 Å². The fourth-order valence-corrected chi connectivity index (χ4v) is 3.11. The molecule has 0 spiro atoms. The number of rotatable bonds is 3. The Hall–Kier alpha value is -2.42. The van der Waals surface area contributed by atoms with Gasteiger partial charge in [-0.15, -0.1) is 10.2 Å². The number of amides is 1. The van der Waals surface area contributed by atoms with Crippen molar-refractivity contribution in [3.63, 3.8) is 0 Å². The number of morpholine rings is 1. The molecule has 6 nitrogen and oxygen atoms in total. The zero-order valence-electron chi connectivity index (χ0n) is 15.2. The first-order chi connectivity index (χ1) is 12.5. The first kappa shape index (κ1) is 19.3. The summed E-state index contributed by atoms with van der Waals surface area (Å²) in [7, 11) is 0. The van der Waals surface area contributed by atoms with Gasteiger partial charge in [-0.3, -0.25) is 4.79 Å². The van der Waals surface area contributed by atoms with Crippen LogP contribution >= 0.6 is 0 Å². The molecule has 146 valence electrons. The summed E-state index contributed by atoms with van der Waals surface area (Å²) < 4.78 is 50.2. The number of halogens is 3. The van der Waals surface area contributed by atoms with E-state index in [9.17, 15) is 18.0 Å². The number of alkyl halides is 3. The maximum absolute atomic E-state index is 13.0. The van der Waals surface area contributed by atoms with Gasteiger partial charge in [0.1, 0.15) is 12.5 Å². The van der Waals surface area contributed by atoms with Crippen LogP contribution in [0, 0.1) is 6.92 Å². The molecular formula is C18H20F3N3O3. The fourth-order valence-electron chi connectivity index (χ4n) is 3.11. The largest absolute Gasteiger partial charge is 0.425 e. The van der Waals surface area contributed by atoms with Gasteiger partial charge in [0.05, 0.1) is 17.7 Å². The summed E-state index contributed by atoms with van der Waals surface area (Å²) in [5, 5.41) is 7.50. The van der Waals surface area contributed by atoms with E-state index < -0.39 is 23.4 Å². The molecule has 1 saturated heterocycles. The highest BCUT2D eigenvalue weighted by molar-refractivity contribution is 5.78. The number of benzene rings is 1. The molecule has 1 atom stereocenters. The SMILES string of the molecule is Cc1nnc(CC(=O)N2CC(c3cccc(C(F)(F)F)c3)OC(C)(C)C2)o1. The maximum Gasteiger partial charge on any atom is 0.416 e. The molecule has 9 heteroatoms. The van der Waals surface area contributed by atoms with Crippen LogP contribution in [-0.2, 0) is 22.1 Å². The summed E-state index contributed by atoms with van der Waals surface area (Å²) in [6.07, 6.45) is -5.16. The van der Waals surface area contributed by atoms with Crippen molar-refractivity contribution in [1.29, 1.82) is 0 Å². The van der Waals surface area contributed by atoms with E-state index in [4.69, 9.17) is 9.15 Å². The quantitative estimate of drug-likeness (QED) is 0.813. The minimum atomic E-state index is -4.44. The van der Waals surface area contributed by atoms with Crippen LogP contribution in [0.3, 0.4) is 0 Å². The number of aryl methyl sites for hydroxylation is 1. The van der Waals surface area contributed by atoms with E-state index in [-0.39, 0.29) is 24.8 Å². The molecule has 1 aromatic carbocycles. The molecule has 2 aromatic rings. The molecule has 0 bridgehead atoms. The number of aromatic nitrogens is 2. The summed E-state index contributed by atoms with van der Waals surface area (Å²) in [5.74, 6) is 0.325. The van der Waals surface area contributed by atoms with E-state index in [1.807, 2.05) is 0 Å². The summed E-state index contributed by atoms with van der Waals surface area (Å²) in [6, 6.07) is 5.00. The lowest BCUT2D eigenvalue weighted by atomic mass is 9.99. The van der Waals surface area contributed by atoms with E-state index in [2.05, 4.69) is 10.2 Å². The highest BCUT2D eigenvalue weighted by Gasteiger charge is 2.38. The average molecular weight is 383 g/mol. The van der Waals surface area contributed by atoms with Gasteiger partial charge in [0.25, 0.3) is 0 Å². The lowest BCUT2D eigenvalue weighted by Crippen LogP contribution is -2.52. The van der Waals surface area contributed by atoms with Gasteiger partial charge < -0.3 is 14.1 Å². The molecule has 0 aliphatic carbocycles. The summed E-state index contributed by atoms with van der Waals surface area (Å²) >= 11 is 0. The number of hydrogen-bond donors (Lipinski definition) is 0. The molecular weight excluding hydrogens is 363 g/mol. The summed E-state index contributed by atoms with van der Waals surface area (Å²) in [5.41, 5.74) is -1.08. The summed E-state index contributed by atoms with van der Waals surface area (Å²) in [4.78, 5) is 14.2. The monoisotopic (exact) mass is 383 g/mol. The molecule has 0 radical (unpaired) electrons. The van der Waals surface area contributed by atoms with Crippen LogP contribution < -0.4 is 0 Å². The lowest BCUT2D eigenvalue weighted by Gasteiger charge is -2.43. The van der Waals surface area contributed by atoms with Gasteiger partial charge in [-0.05, 0) is 31.5 Å². The van der Waals surface area contributed by atoms with Crippen LogP contribution in [0.25, 0.3) is 0 Å². The molecule has 1 fully saturated rings. The predicted octanol–water partition coefficient (Wildman–Crippen LogP) is 3.32. The highest BCUT2D eigenvalue weighted by Crippen LogP contribution is 2.35. The van der Waals surface area contributed by atoms with Crippen LogP contribution in [0.5, 0.6) is 0 Å². The Morgan fingerprint density at radius 1 is 1.33 bits per heavy atom. The third-order valence-corrected chi connectivity index (χ3v) is 4.23. The Morgan fingerprint density at radius 2 is 2.07 bits per heavy atom. The maximum atomic E-state index is 13.0. The highest BCUT2D eigenvalue weighted by atomic mass is 19.4. The first-order valence-electron chi connectivity index (χ1n) is 8.45. The molecule has 2 heterocycles. The van der Waals surface area contributed by atoms with Crippen molar-refractivity contribution in [1.82, 2.24) is 15.1 Å². The first-order valence-corrected chi connectivity index (χ1v) is 8.45. The van der Waals surface area contributed by atoms with E-state index in [1.165, 1.54) is 6.07 Å². The van der Waals surface area contributed by atoms with Crippen molar-refractivity contribution in [3.05, 3.63) is 47.2 Å². The Balaban J connectivity index is 1.80. The van der Waals surface area contributed by atoms with Crippen LogP contribution in [0.1, 0.15) is 42.9 Å². The van der Waals surface area contributed by atoms with E-state index in [0.29, 0.717) is 18.0 Å². The molecule has 1 unspecified atom stereocenters. The standard InChI is InChI=1S/C18H20F3N3O3/c1-11-22-23-15(26-11)8-16(25)24-9-14(27-17(2,3)10-24)12-5-4-6-13(7-12)18(19,20)21/h4-7,14H,8-10H2,1-3H3. The molecule has 3 rings (SSSR count). The molecule has 0 saturated carbocycles. The van der Waals surface area contributed by atoms with Crippen LogP contribution in [0.15, 0.2) is 28.7 Å². The Kier molecular flexibility index (Phi) is 4.98. The van der Waals surface area contributed by atoms with Gasteiger partial charge in [-0.1, -0.05) is 12.1 Å². The van der Waals surface area contributed by atoms with Crippen LogP contribution in [-0.4, -0.2) is 39.7 Å². The van der Waals surface area contributed by atoms with Crippen molar-refractivity contribution in [3.8, 4) is 0 Å². The second kappa shape index (κ2) is 6.95. The topological polar surface area (TPSA) is 68.5 Å². The van der Waals surface area contributed by atoms with E-state index in [1.54, 1.807) is 31.7 Å². The van der Waals surface area contributed by atoms with Crippen molar-refractivity contribution < 1.29 is 27.1 Å². The zero-order chi connectivity index (χ0) is 19.8. The minimum Gasteiger partial charge on any atom is -0.425 e. The van der Waals surface area contributed by atoms with Crippen molar-refractivity contribution in [2.24, 2.45) is 0 Å². The number of ether oxygens (including phenoxy) is 1. The molecule has 27 heavy (non-hydrogen) atoms. The lowest BCUT2D eigenvalue weighted by molar-refractivity contribution is -0.162. The van der Waals surface area contributed by atoms with Gasteiger partial charge in [0.15, 0.2) is 0 Å². The third-order valence-electron chi connectivity index (χ3n) is 4.23. The Morgan fingerprint density at radius 3 is 2.70 bits per heavy atom. The third kappa shape index (κ3) is 4.65. The van der Waals surface area contributed by atoms with Crippen LogP contribution in [0.4, 0.5) is 13.2 Å². The van der Waals surface area contributed by atoms with Crippen LogP contribution in [0.2, 0.25) is 0 Å². The van der Waals surface area contributed by atoms with Gasteiger partial charge in [0.2, 0.25) is 17.7 Å². The van der Waals surface area contributed by atoms with Gasteiger partial charge in [-0.2, -0.15) is 13.2 Å². The van der Waals surface area contributed by atoms with Gasteiger partial charge in [-0.25, -0.2) is 0 Å². The number of nitrogens with zero attached hydrogens (tertiary/aromatic N) is 3.